The first-order valence-electron chi connectivity index (χ1n) is 17.7. The van der Waals surface area contributed by atoms with E-state index in [-0.39, 0.29) is 41.8 Å². The maximum Gasteiger partial charge on any atom is 0.277 e. The van der Waals surface area contributed by atoms with Crippen LogP contribution in [0.4, 0.5) is 30.2 Å². The highest BCUT2D eigenvalue weighted by Crippen LogP contribution is 2.30. The second kappa shape index (κ2) is 21.0. The monoisotopic (exact) mass is 896 g/mol. The van der Waals surface area contributed by atoms with Gasteiger partial charge in [-0.05, 0) is 90.5 Å². The fraction of sp³-hybridized carbons (Fsp3) is 0.378. The molecular weight excluding hydrogens is 856 g/mol. The second-order valence-corrected chi connectivity index (χ2v) is 13.6. The van der Waals surface area contributed by atoms with Crippen LogP contribution in [0.25, 0.3) is 0 Å². The smallest absolute Gasteiger partial charge is 0.277 e. The number of hydrogen-bond donors (Lipinski definition) is 5. The number of carbonyl (C=O) groups is 5. The predicted octanol–water partition coefficient (Wildman–Crippen LogP) is 3.66. The number of imide groups is 2. The van der Waals surface area contributed by atoms with Crippen molar-refractivity contribution >= 4 is 69.2 Å². The third-order valence-electron chi connectivity index (χ3n) is 8.48. The highest BCUT2D eigenvalue weighted by Gasteiger charge is 2.44. The molecule has 1 unspecified atom stereocenters. The minimum Gasteiger partial charge on any atom is -0.383 e. The highest BCUT2D eigenvalue weighted by atomic mass is 127. The number of nitrogens with zero attached hydrogens (tertiary/aromatic N) is 1. The van der Waals surface area contributed by atoms with E-state index < -0.39 is 58.7 Å². The number of benzene rings is 3. The zero-order valence-electron chi connectivity index (χ0n) is 30.0. The minimum absolute atomic E-state index is 0.0540. The molecule has 0 saturated carbocycles. The number of hydrogen-bond acceptors (Lipinski definition) is 12. The van der Waals surface area contributed by atoms with E-state index in [2.05, 4.69) is 26.7 Å². The van der Waals surface area contributed by atoms with Crippen molar-refractivity contribution in [1.82, 2.24) is 21.0 Å². The lowest BCUT2D eigenvalue weighted by Crippen LogP contribution is -2.54. The fourth-order valence-electron chi connectivity index (χ4n) is 5.69. The van der Waals surface area contributed by atoms with Crippen LogP contribution in [-0.2, 0) is 28.6 Å². The molecule has 300 valence electrons. The summed E-state index contributed by atoms with van der Waals surface area (Å²) in [7, 11) is 0. The third kappa shape index (κ3) is 11.4. The highest BCUT2D eigenvalue weighted by molar-refractivity contribution is 14.1. The van der Waals surface area contributed by atoms with Gasteiger partial charge in [-0.15, -0.1) is 0 Å². The standard InChI is InChI=1S/C37H40F3IN6O9/c38-27-6-5-25(33(32(27)40)44-29-7-2-22(41)20-28(29)39)34(49)46-56-13-1-10-42-11-14-53-16-18-55-19-17-54-15-12-43-23-3-4-24-26(21-23)37(52)47(36(24)51)30-8-9-31(48)45-35(30)50/h2-7,20-21,30,42-44H,1,8-19H2,(H,46,49)(H,45,48,50). The first-order valence-corrected chi connectivity index (χ1v) is 18.8. The SMILES string of the molecule is O=C1CCC(N2C(=O)c3ccc(NCCOCCOCCOCCNCCCONC(=O)c4ccc(F)c(F)c4Nc4ccc(I)cc4F)cc3C2=O)C(=O)N1. The molecule has 0 radical (unpaired) electrons. The molecule has 3 aromatic rings. The van der Waals surface area contributed by atoms with Crippen molar-refractivity contribution in [1.29, 1.82) is 0 Å². The van der Waals surface area contributed by atoms with Crippen LogP contribution in [0.3, 0.4) is 0 Å². The summed E-state index contributed by atoms with van der Waals surface area (Å²) in [6.07, 6.45) is 0.669. The van der Waals surface area contributed by atoms with Crippen LogP contribution in [0, 0.1) is 21.0 Å². The van der Waals surface area contributed by atoms with Crippen molar-refractivity contribution in [2.75, 3.05) is 76.5 Å². The average molecular weight is 897 g/mol. The number of rotatable bonds is 22. The van der Waals surface area contributed by atoms with E-state index in [4.69, 9.17) is 19.0 Å². The Morgan fingerprint density at radius 1 is 0.804 bits per heavy atom. The first-order chi connectivity index (χ1) is 27.0. The predicted molar refractivity (Wildman–Crippen MR) is 204 cm³/mol. The van der Waals surface area contributed by atoms with Crippen LogP contribution >= 0.6 is 22.6 Å². The number of piperidine rings is 1. The molecule has 2 heterocycles. The summed E-state index contributed by atoms with van der Waals surface area (Å²) in [5, 5.41) is 10.9. The van der Waals surface area contributed by atoms with Crippen molar-refractivity contribution in [2.24, 2.45) is 0 Å². The Balaban J connectivity index is 0.847. The average Bonchev–Trinajstić information content (AvgIpc) is 3.41. The van der Waals surface area contributed by atoms with E-state index in [1.165, 1.54) is 18.2 Å². The van der Waals surface area contributed by atoms with Gasteiger partial charge >= 0.3 is 0 Å². The number of hydroxylamine groups is 1. The summed E-state index contributed by atoms with van der Waals surface area (Å²) in [5.41, 5.74) is 2.30. The zero-order chi connectivity index (χ0) is 40.0. The molecule has 0 aliphatic carbocycles. The van der Waals surface area contributed by atoms with Crippen LogP contribution in [0.2, 0.25) is 0 Å². The Hall–Kier alpha value is -4.67. The Labute approximate surface area is 333 Å². The number of nitrogens with one attached hydrogen (secondary N) is 5. The Morgan fingerprint density at radius 3 is 2.25 bits per heavy atom. The first kappa shape index (κ1) is 42.5. The minimum atomic E-state index is -1.33. The van der Waals surface area contributed by atoms with Gasteiger partial charge in [0, 0.05) is 28.8 Å². The van der Waals surface area contributed by atoms with E-state index >= 15 is 0 Å². The van der Waals surface area contributed by atoms with E-state index in [0.717, 1.165) is 17.0 Å². The Bertz CT molecular complexity index is 1920. The van der Waals surface area contributed by atoms with Crippen molar-refractivity contribution in [3.05, 3.63) is 86.2 Å². The molecule has 0 bridgehead atoms. The van der Waals surface area contributed by atoms with Gasteiger partial charge in [-0.3, -0.25) is 39.0 Å². The van der Waals surface area contributed by atoms with Crippen molar-refractivity contribution in [3.8, 4) is 0 Å². The molecule has 5 amide bonds. The molecule has 56 heavy (non-hydrogen) atoms. The molecule has 1 atom stereocenters. The van der Waals surface area contributed by atoms with Gasteiger partial charge in [0.05, 0.1) is 74.3 Å². The van der Waals surface area contributed by atoms with Gasteiger partial charge < -0.3 is 30.2 Å². The van der Waals surface area contributed by atoms with Gasteiger partial charge in [-0.1, -0.05) is 0 Å². The van der Waals surface area contributed by atoms with Gasteiger partial charge in [-0.2, -0.15) is 0 Å². The Morgan fingerprint density at radius 2 is 1.52 bits per heavy atom. The van der Waals surface area contributed by atoms with Crippen LogP contribution in [0.15, 0.2) is 48.5 Å². The summed E-state index contributed by atoms with van der Waals surface area (Å²) in [5.74, 6) is -6.28. The quantitative estimate of drug-likeness (QED) is 0.0428. The van der Waals surface area contributed by atoms with Crippen molar-refractivity contribution in [3.63, 3.8) is 0 Å². The van der Waals surface area contributed by atoms with Gasteiger partial charge in [0.2, 0.25) is 11.8 Å². The molecule has 3 aromatic carbocycles. The zero-order valence-corrected chi connectivity index (χ0v) is 32.2. The van der Waals surface area contributed by atoms with E-state index in [0.29, 0.717) is 75.0 Å². The largest absolute Gasteiger partial charge is 0.383 e. The summed E-state index contributed by atoms with van der Waals surface area (Å²) >= 11 is 1.91. The van der Waals surface area contributed by atoms with Crippen LogP contribution in [0.5, 0.6) is 0 Å². The second-order valence-electron chi connectivity index (χ2n) is 12.4. The molecule has 19 heteroatoms. The van der Waals surface area contributed by atoms with Crippen molar-refractivity contribution in [2.45, 2.75) is 25.3 Å². The topological polar surface area (TPSA) is 186 Å². The van der Waals surface area contributed by atoms with E-state index in [1.807, 2.05) is 22.6 Å². The summed E-state index contributed by atoms with van der Waals surface area (Å²) < 4.78 is 60.0. The number of carbonyl (C=O) groups excluding carboxylic acids is 5. The summed E-state index contributed by atoms with van der Waals surface area (Å²) in [4.78, 5) is 68.2. The lowest BCUT2D eigenvalue weighted by atomic mass is 10.0. The van der Waals surface area contributed by atoms with Crippen LogP contribution < -0.4 is 26.7 Å². The van der Waals surface area contributed by atoms with Gasteiger partial charge in [0.1, 0.15) is 11.9 Å². The Kier molecular flexibility index (Phi) is 15.9. The lowest BCUT2D eigenvalue weighted by molar-refractivity contribution is -0.136. The lowest BCUT2D eigenvalue weighted by Gasteiger charge is -2.27. The van der Waals surface area contributed by atoms with Gasteiger partial charge in [0.15, 0.2) is 11.6 Å². The number of fused-ring (bicyclic) bond motifs is 1. The molecule has 0 aromatic heterocycles. The summed E-state index contributed by atoms with van der Waals surface area (Å²) in [6, 6.07) is 9.76. The molecule has 2 aliphatic rings. The molecule has 1 saturated heterocycles. The van der Waals surface area contributed by atoms with Gasteiger partial charge in [-0.25, -0.2) is 18.7 Å². The molecule has 15 nitrogen and oxygen atoms in total. The molecular formula is C37H40F3IN6O9. The van der Waals surface area contributed by atoms with E-state index in [1.54, 1.807) is 18.2 Å². The van der Waals surface area contributed by atoms with E-state index in [9.17, 15) is 37.1 Å². The maximum absolute atomic E-state index is 14.6. The number of halogens is 4. The molecule has 1 fully saturated rings. The molecule has 5 rings (SSSR count). The normalized spacial score (nSPS) is 15.2. The fourth-order valence-corrected chi connectivity index (χ4v) is 6.14. The maximum atomic E-state index is 14.6. The van der Waals surface area contributed by atoms with Crippen LogP contribution in [0.1, 0.15) is 50.3 Å². The van der Waals surface area contributed by atoms with Crippen molar-refractivity contribution < 1.29 is 56.2 Å². The van der Waals surface area contributed by atoms with Gasteiger partial charge in [0.25, 0.3) is 17.7 Å². The molecule has 2 aliphatic heterocycles. The number of ether oxygens (including phenoxy) is 3. The molecule has 5 N–H and O–H groups in total. The summed E-state index contributed by atoms with van der Waals surface area (Å²) in [6.45, 7) is 3.96. The third-order valence-corrected chi connectivity index (χ3v) is 9.15. The number of anilines is 3. The molecule has 0 spiro atoms. The van der Waals surface area contributed by atoms with Crippen LogP contribution in [-0.4, -0.2) is 106 Å². The number of amides is 5.